The summed E-state index contributed by atoms with van der Waals surface area (Å²) in [4.78, 5) is 0. The van der Waals surface area contributed by atoms with Crippen molar-refractivity contribution >= 4 is 0 Å². The highest BCUT2D eigenvalue weighted by atomic mass is 16.8. The van der Waals surface area contributed by atoms with Crippen LogP contribution in [0, 0.1) is 0 Å². The molecule has 0 radical (unpaired) electrons. The molecule has 31 heavy (non-hydrogen) atoms. The standard InChI is InChI=1S/C25H30O6/c1-23(2)29-20-21(28-16-19-11-7-4-8-12-19)25(24(26)13-14-24,31-22(20)30-23)17-27-15-18-9-5-3-6-10-18/h3-12,20-22,26H,13-17H2,1-2H3/t20?,21?,22-,25-/m0/s1. The average molecular weight is 427 g/mol. The molecule has 2 saturated heterocycles. The van der Waals surface area contributed by atoms with Gasteiger partial charge < -0.3 is 28.8 Å². The molecule has 2 aromatic rings. The Morgan fingerprint density at radius 3 is 2.10 bits per heavy atom. The van der Waals surface area contributed by atoms with Crippen LogP contribution in [0.4, 0.5) is 0 Å². The van der Waals surface area contributed by atoms with Gasteiger partial charge in [0.05, 0.1) is 25.4 Å². The predicted octanol–water partition coefficient (Wildman–Crippen LogP) is 3.56. The first kappa shape index (κ1) is 21.1. The van der Waals surface area contributed by atoms with Crippen LogP contribution in [-0.2, 0) is 36.9 Å². The molecule has 4 atom stereocenters. The summed E-state index contributed by atoms with van der Waals surface area (Å²) < 4.78 is 31.1. The Morgan fingerprint density at radius 2 is 1.48 bits per heavy atom. The van der Waals surface area contributed by atoms with E-state index >= 15 is 0 Å². The molecule has 0 aromatic heterocycles. The Labute approximate surface area is 183 Å². The van der Waals surface area contributed by atoms with Crippen molar-refractivity contribution in [3.05, 3.63) is 71.8 Å². The molecule has 6 nitrogen and oxygen atoms in total. The summed E-state index contributed by atoms with van der Waals surface area (Å²) in [7, 11) is 0. The third-order valence-electron chi connectivity index (χ3n) is 6.38. The van der Waals surface area contributed by atoms with Gasteiger partial charge in [0.15, 0.2) is 17.7 Å². The summed E-state index contributed by atoms with van der Waals surface area (Å²) in [5.41, 5.74) is 0.0364. The molecular weight excluding hydrogens is 396 g/mol. The fourth-order valence-corrected chi connectivity index (χ4v) is 4.64. The Hall–Kier alpha value is -1.80. The van der Waals surface area contributed by atoms with Crippen molar-refractivity contribution in [1.82, 2.24) is 0 Å². The van der Waals surface area contributed by atoms with E-state index in [9.17, 15) is 5.11 Å². The maximum absolute atomic E-state index is 11.3. The van der Waals surface area contributed by atoms with Crippen LogP contribution in [0.2, 0.25) is 0 Å². The third kappa shape index (κ3) is 4.04. The van der Waals surface area contributed by atoms with Crippen molar-refractivity contribution in [3.63, 3.8) is 0 Å². The lowest BCUT2D eigenvalue weighted by Crippen LogP contribution is -2.59. The maximum atomic E-state index is 11.3. The maximum Gasteiger partial charge on any atom is 0.190 e. The lowest BCUT2D eigenvalue weighted by atomic mass is 9.87. The van der Waals surface area contributed by atoms with E-state index in [1.165, 1.54) is 0 Å². The molecule has 0 spiro atoms. The minimum Gasteiger partial charge on any atom is -0.387 e. The lowest BCUT2D eigenvalue weighted by molar-refractivity contribution is -0.280. The molecule has 2 heterocycles. The highest BCUT2D eigenvalue weighted by Crippen LogP contribution is 2.56. The van der Waals surface area contributed by atoms with E-state index < -0.39 is 35.5 Å². The largest absolute Gasteiger partial charge is 0.387 e. The van der Waals surface area contributed by atoms with E-state index in [0.717, 1.165) is 11.1 Å². The fraction of sp³-hybridized carbons (Fsp3) is 0.520. The molecule has 0 amide bonds. The van der Waals surface area contributed by atoms with Gasteiger partial charge in [-0.05, 0) is 37.8 Å². The van der Waals surface area contributed by atoms with Crippen LogP contribution in [0.5, 0.6) is 0 Å². The van der Waals surface area contributed by atoms with Gasteiger partial charge in [-0.3, -0.25) is 0 Å². The molecule has 2 unspecified atom stereocenters. The number of ether oxygens (including phenoxy) is 5. The zero-order valence-corrected chi connectivity index (χ0v) is 18.0. The zero-order chi connectivity index (χ0) is 21.5. The second-order valence-electron chi connectivity index (χ2n) is 9.20. The summed E-state index contributed by atoms with van der Waals surface area (Å²) >= 11 is 0. The summed E-state index contributed by atoms with van der Waals surface area (Å²) in [5.74, 6) is -0.771. The van der Waals surface area contributed by atoms with Crippen LogP contribution in [0.25, 0.3) is 0 Å². The molecule has 3 fully saturated rings. The van der Waals surface area contributed by atoms with Gasteiger partial charge in [0, 0.05) is 0 Å². The average Bonchev–Trinajstić information content (AvgIpc) is 3.36. The minimum atomic E-state index is -1.05. The van der Waals surface area contributed by atoms with Crippen LogP contribution in [0.3, 0.4) is 0 Å². The molecule has 6 heteroatoms. The number of benzene rings is 2. The van der Waals surface area contributed by atoms with Crippen molar-refractivity contribution < 1.29 is 28.8 Å². The summed E-state index contributed by atoms with van der Waals surface area (Å²) in [6.45, 7) is 4.73. The normalized spacial score (nSPS) is 32.7. The van der Waals surface area contributed by atoms with E-state index in [4.69, 9.17) is 23.7 Å². The first-order chi connectivity index (χ1) is 14.9. The summed E-state index contributed by atoms with van der Waals surface area (Å²) in [5, 5.41) is 11.3. The smallest absolute Gasteiger partial charge is 0.190 e. The monoisotopic (exact) mass is 426 g/mol. The topological polar surface area (TPSA) is 66.4 Å². The van der Waals surface area contributed by atoms with Crippen LogP contribution in [0.1, 0.15) is 37.8 Å². The van der Waals surface area contributed by atoms with Gasteiger partial charge in [-0.2, -0.15) is 0 Å². The van der Waals surface area contributed by atoms with Crippen LogP contribution in [0.15, 0.2) is 60.7 Å². The quantitative estimate of drug-likeness (QED) is 0.696. The van der Waals surface area contributed by atoms with Crippen LogP contribution >= 0.6 is 0 Å². The van der Waals surface area contributed by atoms with E-state index in [1.807, 2.05) is 74.5 Å². The van der Waals surface area contributed by atoms with Crippen molar-refractivity contribution in [1.29, 1.82) is 0 Å². The van der Waals surface area contributed by atoms with Crippen molar-refractivity contribution in [2.24, 2.45) is 0 Å². The van der Waals surface area contributed by atoms with Gasteiger partial charge in [-0.15, -0.1) is 0 Å². The van der Waals surface area contributed by atoms with Gasteiger partial charge in [0.2, 0.25) is 0 Å². The van der Waals surface area contributed by atoms with Gasteiger partial charge in [-0.25, -0.2) is 0 Å². The zero-order valence-electron chi connectivity index (χ0n) is 18.0. The van der Waals surface area contributed by atoms with Crippen LogP contribution in [-0.4, -0.2) is 47.2 Å². The van der Waals surface area contributed by atoms with Crippen molar-refractivity contribution in [2.75, 3.05) is 6.61 Å². The molecule has 0 bridgehead atoms. The highest BCUT2D eigenvalue weighted by Gasteiger charge is 2.73. The van der Waals surface area contributed by atoms with E-state index in [-0.39, 0.29) is 6.61 Å². The Balaban J connectivity index is 1.39. The molecule has 1 aliphatic carbocycles. The van der Waals surface area contributed by atoms with Gasteiger partial charge >= 0.3 is 0 Å². The van der Waals surface area contributed by atoms with Gasteiger partial charge in [-0.1, -0.05) is 60.7 Å². The second kappa shape index (κ2) is 7.96. The molecule has 2 aromatic carbocycles. The predicted molar refractivity (Wildman–Crippen MR) is 113 cm³/mol. The summed E-state index contributed by atoms with van der Waals surface area (Å²) in [6.07, 6.45) is -0.307. The number of fused-ring (bicyclic) bond motifs is 1. The van der Waals surface area contributed by atoms with Crippen molar-refractivity contribution in [3.8, 4) is 0 Å². The number of aliphatic hydroxyl groups is 1. The first-order valence-electron chi connectivity index (χ1n) is 10.9. The fourth-order valence-electron chi connectivity index (χ4n) is 4.64. The summed E-state index contributed by atoms with van der Waals surface area (Å²) in [6, 6.07) is 19.9. The number of hydrogen-bond donors (Lipinski definition) is 1. The highest BCUT2D eigenvalue weighted by molar-refractivity contribution is 5.21. The molecule has 1 N–H and O–H groups in total. The SMILES string of the molecule is CC1(C)OC2C(OCc3ccccc3)[C@@](COCc3ccccc3)(C3(O)CC3)O[C@@H]2O1. The number of hydrogen-bond acceptors (Lipinski definition) is 6. The number of rotatable bonds is 8. The van der Waals surface area contributed by atoms with E-state index in [1.54, 1.807) is 0 Å². The third-order valence-corrected chi connectivity index (χ3v) is 6.38. The molecule has 5 rings (SSSR count). The Bertz CT molecular complexity index is 881. The Kier molecular flexibility index (Phi) is 5.41. The molecule has 2 aliphatic heterocycles. The van der Waals surface area contributed by atoms with E-state index in [0.29, 0.717) is 26.1 Å². The molecular formula is C25H30O6. The molecule has 1 saturated carbocycles. The molecule has 3 aliphatic rings. The second-order valence-corrected chi connectivity index (χ2v) is 9.20. The molecule has 166 valence electrons. The van der Waals surface area contributed by atoms with Crippen molar-refractivity contribution in [2.45, 2.75) is 75.4 Å². The van der Waals surface area contributed by atoms with Crippen LogP contribution < -0.4 is 0 Å². The lowest BCUT2D eigenvalue weighted by Gasteiger charge is -2.40. The first-order valence-corrected chi connectivity index (χ1v) is 10.9. The van der Waals surface area contributed by atoms with E-state index in [2.05, 4.69) is 0 Å². The van der Waals surface area contributed by atoms with Gasteiger partial charge in [0.1, 0.15) is 12.2 Å². The van der Waals surface area contributed by atoms with Gasteiger partial charge in [0.25, 0.3) is 0 Å². The minimum absolute atomic E-state index is 0.192. The Morgan fingerprint density at radius 1 is 0.871 bits per heavy atom.